The van der Waals surface area contributed by atoms with Gasteiger partial charge >= 0.3 is 0 Å². The van der Waals surface area contributed by atoms with Gasteiger partial charge in [-0.2, -0.15) is 0 Å². The lowest BCUT2D eigenvalue weighted by molar-refractivity contribution is 0.102. The third-order valence-electron chi connectivity index (χ3n) is 2.13. The summed E-state index contributed by atoms with van der Waals surface area (Å²) in [7, 11) is 1.46. The molecule has 2 aromatic rings. The first-order valence-corrected chi connectivity index (χ1v) is 5.36. The summed E-state index contributed by atoms with van der Waals surface area (Å²) in [5, 5.41) is 2.67. The van der Waals surface area contributed by atoms with Crippen molar-refractivity contribution in [3.05, 3.63) is 41.6 Å². The molecule has 0 aromatic carbocycles. The number of methoxy groups -OCH3 is 1. The lowest BCUT2D eigenvalue weighted by atomic mass is 10.2. The maximum atomic E-state index is 12.0. The van der Waals surface area contributed by atoms with Crippen molar-refractivity contribution in [1.82, 2.24) is 15.0 Å². The molecule has 7 heteroatoms. The first-order valence-electron chi connectivity index (χ1n) is 4.98. The molecule has 2 heterocycles. The van der Waals surface area contributed by atoms with Crippen LogP contribution >= 0.6 is 11.6 Å². The van der Waals surface area contributed by atoms with Gasteiger partial charge in [-0.05, 0) is 6.07 Å². The number of ether oxygens (including phenoxy) is 1. The molecule has 0 spiro atoms. The molecule has 0 fully saturated rings. The third-order valence-corrected chi connectivity index (χ3v) is 2.41. The number of nitrogens with zero attached hydrogens (tertiary/aromatic N) is 3. The van der Waals surface area contributed by atoms with Crippen molar-refractivity contribution in [2.75, 3.05) is 12.4 Å². The molecule has 0 bridgehead atoms. The van der Waals surface area contributed by atoms with Gasteiger partial charge in [0.25, 0.3) is 5.91 Å². The smallest absolute Gasteiger partial charge is 0.260 e. The number of amides is 1. The van der Waals surface area contributed by atoms with Crippen LogP contribution in [0, 0.1) is 0 Å². The van der Waals surface area contributed by atoms with Gasteiger partial charge in [0.05, 0.1) is 18.9 Å². The molecule has 0 aliphatic heterocycles. The Labute approximate surface area is 108 Å². The molecule has 0 atom stereocenters. The summed E-state index contributed by atoms with van der Waals surface area (Å²) >= 11 is 5.80. The van der Waals surface area contributed by atoms with E-state index in [0.29, 0.717) is 11.3 Å². The van der Waals surface area contributed by atoms with Gasteiger partial charge in [0.1, 0.15) is 5.75 Å². The van der Waals surface area contributed by atoms with Crippen LogP contribution in [0.4, 0.5) is 5.82 Å². The van der Waals surface area contributed by atoms with Crippen LogP contribution in [0.3, 0.4) is 0 Å². The molecular formula is C11H9ClN4O2. The first kappa shape index (κ1) is 12.3. The van der Waals surface area contributed by atoms with Gasteiger partial charge < -0.3 is 10.1 Å². The fraction of sp³-hybridized carbons (Fsp3) is 0.0909. The number of anilines is 1. The molecule has 0 saturated carbocycles. The van der Waals surface area contributed by atoms with Gasteiger partial charge in [-0.25, -0.2) is 9.97 Å². The second-order valence-corrected chi connectivity index (χ2v) is 3.58. The fourth-order valence-corrected chi connectivity index (χ4v) is 1.46. The van der Waals surface area contributed by atoms with E-state index in [1.807, 2.05) is 0 Å². The predicted molar refractivity (Wildman–Crippen MR) is 65.8 cm³/mol. The van der Waals surface area contributed by atoms with Crippen LogP contribution in [0.1, 0.15) is 10.4 Å². The number of nitrogens with one attached hydrogen (secondary N) is 1. The summed E-state index contributed by atoms with van der Waals surface area (Å²) in [6.07, 6.45) is 5.82. The van der Waals surface area contributed by atoms with Gasteiger partial charge in [0.15, 0.2) is 11.0 Å². The van der Waals surface area contributed by atoms with E-state index in [1.54, 1.807) is 6.07 Å². The maximum absolute atomic E-state index is 12.0. The Bertz CT molecular complexity index is 576. The first-order chi connectivity index (χ1) is 8.72. The van der Waals surface area contributed by atoms with Crippen molar-refractivity contribution in [1.29, 1.82) is 0 Å². The molecule has 1 N–H and O–H groups in total. The highest BCUT2D eigenvalue weighted by Gasteiger charge is 2.14. The Morgan fingerprint density at radius 1 is 1.33 bits per heavy atom. The van der Waals surface area contributed by atoms with Crippen molar-refractivity contribution < 1.29 is 9.53 Å². The Morgan fingerprint density at radius 3 is 2.83 bits per heavy atom. The van der Waals surface area contributed by atoms with E-state index in [9.17, 15) is 4.79 Å². The van der Waals surface area contributed by atoms with E-state index in [-0.39, 0.29) is 11.0 Å². The largest absolute Gasteiger partial charge is 0.494 e. The number of hydrogen-bond donors (Lipinski definition) is 1. The lowest BCUT2D eigenvalue weighted by Gasteiger charge is -2.08. The summed E-state index contributed by atoms with van der Waals surface area (Å²) in [5.74, 6) is 0.176. The van der Waals surface area contributed by atoms with Crippen molar-refractivity contribution in [2.24, 2.45) is 0 Å². The highest BCUT2D eigenvalue weighted by molar-refractivity contribution is 6.32. The van der Waals surface area contributed by atoms with Gasteiger partial charge in [0, 0.05) is 18.6 Å². The van der Waals surface area contributed by atoms with Crippen LogP contribution in [0.5, 0.6) is 5.75 Å². The number of carbonyl (C=O) groups is 1. The number of halogens is 1. The van der Waals surface area contributed by atoms with E-state index < -0.39 is 5.91 Å². The summed E-state index contributed by atoms with van der Waals surface area (Å²) < 4.78 is 5.04. The summed E-state index contributed by atoms with van der Waals surface area (Å²) in [5.41, 5.74) is 0.342. The number of rotatable bonds is 3. The zero-order chi connectivity index (χ0) is 13.0. The second kappa shape index (κ2) is 5.42. The summed E-state index contributed by atoms with van der Waals surface area (Å²) in [6.45, 7) is 0. The van der Waals surface area contributed by atoms with E-state index >= 15 is 0 Å². The fourth-order valence-electron chi connectivity index (χ4n) is 1.31. The standard InChI is InChI=1S/C11H9ClN4O2/c1-18-8-6-13-3-2-7(8)11(17)16-10-9(12)14-4-5-15-10/h2-6H,1H3,(H,15,16,17). The molecular weight excluding hydrogens is 256 g/mol. The monoisotopic (exact) mass is 264 g/mol. The zero-order valence-corrected chi connectivity index (χ0v) is 10.2. The van der Waals surface area contributed by atoms with E-state index in [1.165, 1.54) is 31.9 Å². The predicted octanol–water partition coefficient (Wildman–Crippen LogP) is 1.79. The lowest BCUT2D eigenvalue weighted by Crippen LogP contribution is -2.14. The third kappa shape index (κ3) is 2.54. The molecule has 1 amide bonds. The van der Waals surface area contributed by atoms with Crippen LogP contribution in [-0.4, -0.2) is 28.0 Å². The number of carbonyl (C=O) groups excluding carboxylic acids is 1. The SMILES string of the molecule is COc1cnccc1C(=O)Nc1nccnc1Cl. The molecule has 0 unspecified atom stereocenters. The topological polar surface area (TPSA) is 77.0 Å². The van der Waals surface area contributed by atoms with Crippen LogP contribution in [-0.2, 0) is 0 Å². The van der Waals surface area contributed by atoms with Crippen LogP contribution in [0.25, 0.3) is 0 Å². The second-order valence-electron chi connectivity index (χ2n) is 3.23. The molecule has 0 aliphatic carbocycles. The quantitative estimate of drug-likeness (QED) is 0.914. The van der Waals surface area contributed by atoms with E-state index in [2.05, 4.69) is 20.3 Å². The summed E-state index contributed by atoms with van der Waals surface area (Å²) in [4.78, 5) is 23.6. The van der Waals surface area contributed by atoms with Crippen LogP contribution < -0.4 is 10.1 Å². The maximum Gasteiger partial charge on any atom is 0.260 e. The van der Waals surface area contributed by atoms with Crippen molar-refractivity contribution in [3.8, 4) is 5.75 Å². The molecule has 0 saturated heterocycles. The zero-order valence-electron chi connectivity index (χ0n) is 9.42. The highest BCUT2D eigenvalue weighted by Crippen LogP contribution is 2.19. The minimum absolute atomic E-state index is 0.124. The summed E-state index contributed by atoms with van der Waals surface area (Å²) in [6, 6.07) is 1.54. The Balaban J connectivity index is 2.25. The Hall–Kier alpha value is -2.21. The van der Waals surface area contributed by atoms with Crippen molar-refractivity contribution in [2.45, 2.75) is 0 Å². The molecule has 18 heavy (non-hydrogen) atoms. The number of hydrogen-bond acceptors (Lipinski definition) is 5. The van der Waals surface area contributed by atoms with E-state index in [0.717, 1.165) is 0 Å². The van der Waals surface area contributed by atoms with Gasteiger partial charge in [0.2, 0.25) is 0 Å². The Morgan fingerprint density at radius 2 is 2.11 bits per heavy atom. The molecule has 0 radical (unpaired) electrons. The van der Waals surface area contributed by atoms with Crippen LogP contribution in [0.2, 0.25) is 5.15 Å². The number of pyridine rings is 1. The Kier molecular flexibility index (Phi) is 3.69. The molecule has 92 valence electrons. The van der Waals surface area contributed by atoms with Gasteiger partial charge in [-0.1, -0.05) is 11.6 Å². The average Bonchev–Trinajstić information content (AvgIpc) is 2.41. The molecule has 2 aromatic heterocycles. The minimum Gasteiger partial charge on any atom is -0.494 e. The molecule has 6 nitrogen and oxygen atoms in total. The highest BCUT2D eigenvalue weighted by atomic mass is 35.5. The normalized spacial score (nSPS) is 9.89. The van der Waals surface area contributed by atoms with Crippen LogP contribution in [0.15, 0.2) is 30.9 Å². The van der Waals surface area contributed by atoms with Crippen molar-refractivity contribution in [3.63, 3.8) is 0 Å². The van der Waals surface area contributed by atoms with Crippen molar-refractivity contribution >= 4 is 23.3 Å². The van der Waals surface area contributed by atoms with E-state index in [4.69, 9.17) is 16.3 Å². The number of aromatic nitrogens is 3. The van der Waals surface area contributed by atoms with Gasteiger partial charge in [-0.3, -0.25) is 9.78 Å². The molecule has 0 aliphatic rings. The minimum atomic E-state index is -0.392. The average molecular weight is 265 g/mol. The molecule has 2 rings (SSSR count). The van der Waals surface area contributed by atoms with Gasteiger partial charge in [-0.15, -0.1) is 0 Å².